The van der Waals surface area contributed by atoms with Crippen LogP contribution in [0.2, 0.25) is 10.0 Å². The van der Waals surface area contributed by atoms with Gasteiger partial charge in [-0.1, -0.05) is 41.0 Å². The number of halogens is 2. The fourth-order valence-electron chi connectivity index (χ4n) is 3.74. The Balaban J connectivity index is 1.50. The van der Waals surface area contributed by atoms with Gasteiger partial charge in [0.05, 0.1) is 28.0 Å². The molecule has 7 nitrogen and oxygen atoms in total. The summed E-state index contributed by atoms with van der Waals surface area (Å²) in [6, 6.07) is 5.24. The number of aryl methyl sites for hydroxylation is 1. The van der Waals surface area contributed by atoms with Crippen LogP contribution in [-0.4, -0.2) is 39.0 Å². The summed E-state index contributed by atoms with van der Waals surface area (Å²) in [7, 11) is 0. The van der Waals surface area contributed by atoms with E-state index in [9.17, 15) is 9.59 Å². The number of aromatic nitrogens is 3. The number of nitrogens with one attached hydrogen (secondary N) is 1. The summed E-state index contributed by atoms with van der Waals surface area (Å²) >= 11 is 14.9. The molecule has 0 saturated carbocycles. The molecule has 0 fully saturated rings. The Morgan fingerprint density at radius 2 is 2.12 bits per heavy atom. The highest BCUT2D eigenvalue weighted by Crippen LogP contribution is 2.39. The van der Waals surface area contributed by atoms with Crippen LogP contribution in [-0.2, 0) is 28.9 Å². The molecule has 178 valence electrons. The molecule has 34 heavy (non-hydrogen) atoms. The molecule has 1 aliphatic carbocycles. The van der Waals surface area contributed by atoms with Crippen molar-refractivity contribution in [2.75, 3.05) is 17.7 Å². The van der Waals surface area contributed by atoms with Gasteiger partial charge >= 0.3 is 5.97 Å². The third-order valence-electron chi connectivity index (χ3n) is 5.19. The van der Waals surface area contributed by atoms with Crippen molar-refractivity contribution in [2.45, 2.75) is 37.9 Å². The van der Waals surface area contributed by atoms with Crippen LogP contribution in [0.1, 0.15) is 34.1 Å². The maximum Gasteiger partial charge on any atom is 0.341 e. The average Bonchev–Trinajstić information content (AvgIpc) is 3.49. The normalized spacial score (nSPS) is 12.4. The van der Waals surface area contributed by atoms with Gasteiger partial charge in [-0.2, -0.15) is 0 Å². The number of allylic oxidation sites excluding steroid dienone is 1. The van der Waals surface area contributed by atoms with E-state index in [0.717, 1.165) is 35.3 Å². The molecule has 1 aromatic carbocycles. The van der Waals surface area contributed by atoms with Gasteiger partial charge in [0.25, 0.3) is 0 Å². The second kappa shape index (κ2) is 10.9. The summed E-state index contributed by atoms with van der Waals surface area (Å²) in [6.45, 7) is 6.31. The smallest absolute Gasteiger partial charge is 0.341 e. The molecule has 0 spiro atoms. The molecule has 11 heteroatoms. The van der Waals surface area contributed by atoms with Gasteiger partial charge in [-0.15, -0.1) is 28.1 Å². The van der Waals surface area contributed by atoms with Crippen molar-refractivity contribution in [3.63, 3.8) is 0 Å². The topological polar surface area (TPSA) is 86.1 Å². The maximum absolute atomic E-state index is 12.8. The molecule has 2 heterocycles. The van der Waals surface area contributed by atoms with Crippen LogP contribution in [0.25, 0.3) is 11.4 Å². The predicted octanol–water partition coefficient (Wildman–Crippen LogP) is 5.90. The molecular formula is C23H22Cl2N4O3S2. The molecule has 0 saturated heterocycles. The molecule has 2 aromatic heterocycles. The number of fused-ring (bicyclic) bond motifs is 1. The Bertz CT molecular complexity index is 1260. The van der Waals surface area contributed by atoms with Crippen molar-refractivity contribution >= 4 is 63.2 Å². The van der Waals surface area contributed by atoms with Crippen LogP contribution in [0.4, 0.5) is 5.00 Å². The SMILES string of the molecule is C=CCn1c(SCC(=O)Nc2sc3c(c2C(=O)OCC)CCC3)nnc1-c1ccc(Cl)c(Cl)c1. The standard InChI is InChI=1S/C23H22Cl2N4O3S2/c1-3-10-29-20(13-8-9-15(24)16(25)11-13)27-28-23(29)33-12-18(30)26-21-19(22(31)32-4-2)14-6-5-7-17(14)34-21/h3,8-9,11H,1,4-7,10,12H2,2H3,(H,26,30). The summed E-state index contributed by atoms with van der Waals surface area (Å²) in [5.74, 6) is 0.0730. The quantitative estimate of drug-likeness (QED) is 0.208. The minimum Gasteiger partial charge on any atom is -0.462 e. The number of carbonyl (C=O) groups is 2. The van der Waals surface area contributed by atoms with E-state index in [4.69, 9.17) is 27.9 Å². The first kappa shape index (κ1) is 24.8. The van der Waals surface area contributed by atoms with Crippen molar-refractivity contribution in [3.8, 4) is 11.4 Å². The summed E-state index contributed by atoms with van der Waals surface area (Å²) in [5.41, 5.74) is 2.25. The summed E-state index contributed by atoms with van der Waals surface area (Å²) in [4.78, 5) is 26.5. The van der Waals surface area contributed by atoms with E-state index >= 15 is 0 Å². The van der Waals surface area contributed by atoms with Gasteiger partial charge in [0.15, 0.2) is 11.0 Å². The number of nitrogens with zero attached hydrogens (tertiary/aromatic N) is 3. The summed E-state index contributed by atoms with van der Waals surface area (Å²) in [5, 5.41) is 13.4. The molecular weight excluding hydrogens is 515 g/mol. The van der Waals surface area contributed by atoms with Gasteiger partial charge in [-0.3, -0.25) is 9.36 Å². The first-order valence-electron chi connectivity index (χ1n) is 10.7. The molecule has 0 unspecified atom stereocenters. The van der Waals surface area contributed by atoms with E-state index in [2.05, 4.69) is 22.1 Å². The summed E-state index contributed by atoms with van der Waals surface area (Å²) < 4.78 is 7.08. The number of thioether (sulfide) groups is 1. The highest BCUT2D eigenvalue weighted by Gasteiger charge is 2.28. The van der Waals surface area contributed by atoms with Crippen LogP contribution in [0.5, 0.6) is 0 Å². The number of anilines is 1. The van der Waals surface area contributed by atoms with Crippen LogP contribution in [0.3, 0.4) is 0 Å². The van der Waals surface area contributed by atoms with Crippen molar-refractivity contribution in [2.24, 2.45) is 0 Å². The lowest BCUT2D eigenvalue weighted by atomic mass is 10.1. The predicted molar refractivity (Wildman–Crippen MR) is 137 cm³/mol. The lowest BCUT2D eigenvalue weighted by molar-refractivity contribution is -0.113. The van der Waals surface area contributed by atoms with Gasteiger partial charge in [0, 0.05) is 17.0 Å². The van der Waals surface area contributed by atoms with Crippen LogP contribution >= 0.6 is 46.3 Å². The molecule has 0 radical (unpaired) electrons. The first-order valence-corrected chi connectivity index (χ1v) is 13.2. The number of rotatable bonds is 9. The van der Waals surface area contributed by atoms with Crippen molar-refractivity contribution in [1.82, 2.24) is 14.8 Å². The van der Waals surface area contributed by atoms with E-state index in [0.29, 0.717) is 38.1 Å². The number of hydrogen-bond donors (Lipinski definition) is 1. The van der Waals surface area contributed by atoms with E-state index in [-0.39, 0.29) is 24.2 Å². The minimum absolute atomic E-state index is 0.0987. The number of esters is 1. The lowest BCUT2D eigenvalue weighted by Crippen LogP contribution is -2.17. The van der Waals surface area contributed by atoms with E-state index in [1.807, 2.05) is 10.6 Å². The fourth-order valence-corrected chi connectivity index (χ4v) is 6.08. The Hall–Kier alpha value is -2.33. The highest BCUT2D eigenvalue weighted by molar-refractivity contribution is 7.99. The first-order chi connectivity index (χ1) is 16.4. The van der Waals surface area contributed by atoms with E-state index in [1.54, 1.807) is 25.1 Å². The monoisotopic (exact) mass is 536 g/mol. The zero-order valence-electron chi connectivity index (χ0n) is 18.4. The van der Waals surface area contributed by atoms with Gasteiger partial charge in [0.1, 0.15) is 5.00 Å². The molecule has 3 aromatic rings. The Labute approximate surface area is 215 Å². The van der Waals surface area contributed by atoms with E-state index < -0.39 is 0 Å². The lowest BCUT2D eigenvalue weighted by Gasteiger charge is -2.09. The zero-order valence-corrected chi connectivity index (χ0v) is 21.5. The molecule has 1 N–H and O–H groups in total. The highest BCUT2D eigenvalue weighted by atomic mass is 35.5. The van der Waals surface area contributed by atoms with Crippen LogP contribution < -0.4 is 5.32 Å². The maximum atomic E-state index is 12.8. The van der Waals surface area contributed by atoms with Crippen molar-refractivity contribution in [3.05, 3.63) is 56.9 Å². The van der Waals surface area contributed by atoms with Crippen LogP contribution in [0, 0.1) is 0 Å². The molecule has 1 aliphatic rings. The van der Waals surface area contributed by atoms with Crippen LogP contribution in [0.15, 0.2) is 36.0 Å². The minimum atomic E-state index is -0.387. The number of benzene rings is 1. The third kappa shape index (κ3) is 5.17. The van der Waals surface area contributed by atoms with Crippen molar-refractivity contribution < 1.29 is 14.3 Å². The molecule has 0 atom stereocenters. The Kier molecular flexibility index (Phi) is 7.98. The van der Waals surface area contributed by atoms with E-state index in [1.165, 1.54) is 23.1 Å². The van der Waals surface area contributed by atoms with Crippen molar-refractivity contribution in [1.29, 1.82) is 0 Å². The van der Waals surface area contributed by atoms with Gasteiger partial charge in [0.2, 0.25) is 5.91 Å². The molecule has 0 bridgehead atoms. The largest absolute Gasteiger partial charge is 0.462 e. The number of thiophene rings is 1. The number of ether oxygens (including phenoxy) is 1. The number of carbonyl (C=O) groups excluding carboxylic acids is 2. The average molecular weight is 537 g/mol. The fraction of sp³-hybridized carbons (Fsp3) is 0.304. The molecule has 1 amide bonds. The molecule has 4 rings (SSSR count). The van der Waals surface area contributed by atoms with Gasteiger partial charge in [-0.25, -0.2) is 4.79 Å². The van der Waals surface area contributed by atoms with Gasteiger partial charge < -0.3 is 10.1 Å². The van der Waals surface area contributed by atoms with Gasteiger partial charge in [-0.05, 0) is 49.9 Å². The Morgan fingerprint density at radius 3 is 2.85 bits per heavy atom. The Morgan fingerprint density at radius 1 is 1.29 bits per heavy atom. The molecule has 0 aliphatic heterocycles. The zero-order chi connectivity index (χ0) is 24.2. The number of amides is 1. The second-order valence-corrected chi connectivity index (χ2v) is 10.3. The third-order valence-corrected chi connectivity index (χ3v) is 8.11. The summed E-state index contributed by atoms with van der Waals surface area (Å²) in [6.07, 6.45) is 4.48. The second-order valence-electron chi connectivity index (χ2n) is 7.45. The number of hydrogen-bond acceptors (Lipinski definition) is 7.